The Morgan fingerprint density at radius 2 is 2.50 bits per heavy atom. The van der Waals surface area contributed by atoms with Gasteiger partial charge in [-0.25, -0.2) is 0 Å². The Kier molecular flexibility index (Phi) is 4.12. The molecule has 0 spiro atoms. The number of carbonyl (C=O) groups is 1. The van der Waals surface area contributed by atoms with Crippen molar-refractivity contribution in [1.82, 2.24) is 10.5 Å². The number of hydrogen-bond acceptors (Lipinski definition) is 4. The van der Waals surface area contributed by atoms with Gasteiger partial charge in [-0.2, -0.15) is 0 Å². The molecule has 1 heterocycles. The average molecular weight is 198 g/mol. The Labute approximate surface area is 82.4 Å². The molecule has 1 amide bonds. The van der Waals surface area contributed by atoms with Crippen molar-refractivity contribution in [1.29, 1.82) is 0 Å². The van der Waals surface area contributed by atoms with Crippen LogP contribution in [0.5, 0.6) is 0 Å². The minimum Gasteiger partial charge on any atom is -0.377 e. The fraction of sp³-hybridized carbons (Fsp3) is 0.556. The number of amides is 1. The first kappa shape index (κ1) is 10.7. The summed E-state index contributed by atoms with van der Waals surface area (Å²) in [6.07, 6.45) is 0.897. The Bertz CT molecular complexity index is 296. The van der Waals surface area contributed by atoms with Crippen LogP contribution in [0.2, 0.25) is 0 Å². The van der Waals surface area contributed by atoms with E-state index >= 15 is 0 Å². The number of carbonyl (C=O) groups excluding carboxylic acids is 1. The summed E-state index contributed by atoms with van der Waals surface area (Å²) >= 11 is 0. The molecule has 5 nitrogen and oxygen atoms in total. The molecule has 5 heteroatoms. The summed E-state index contributed by atoms with van der Waals surface area (Å²) < 4.78 is 9.71. The summed E-state index contributed by atoms with van der Waals surface area (Å²) in [6.45, 7) is 2.96. The standard InChI is InChI=1S/C9H14N2O3/c1-3-4-10-9(12)8-5-7(6-13-2)14-11-8/h5H,3-4,6H2,1-2H3,(H,10,12). The van der Waals surface area contributed by atoms with Gasteiger partial charge >= 0.3 is 0 Å². The molecule has 0 atom stereocenters. The molecule has 0 saturated carbocycles. The Balaban J connectivity index is 2.53. The van der Waals surface area contributed by atoms with Gasteiger partial charge < -0.3 is 14.6 Å². The molecule has 0 aliphatic heterocycles. The molecule has 0 aromatic carbocycles. The van der Waals surface area contributed by atoms with Crippen LogP contribution in [0, 0.1) is 0 Å². The summed E-state index contributed by atoms with van der Waals surface area (Å²) in [5.41, 5.74) is 0.297. The van der Waals surface area contributed by atoms with Gasteiger partial charge in [-0.1, -0.05) is 12.1 Å². The molecular formula is C9H14N2O3. The molecule has 0 saturated heterocycles. The first-order valence-corrected chi connectivity index (χ1v) is 4.50. The van der Waals surface area contributed by atoms with Crippen LogP contribution < -0.4 is 5.32 Å². The van der Waals surface area contributed by atoms with Gasteiger partial charge in [0.1, 0.15) is 6.61 Å². The average Bonchev–Trinajstić information content (AvgIpc) is 2.63. The van der Waals surface area contributed by atoms with Crippen molar-refractivity contribution in [3.8, 4) is 0 Å². The molecule has 0 bridgehead atoms. The van der Waals surface area contributed by atoms with Gasteiger partial charge in [0.25, 0.3) is 5.91 Å². The Morgan fingerprint density at radius 1 is 1.71 bits per heavy atom. The van der Waals surface area contributed by atoms with Gasteiger partial charge in [-0.05, 0) is 6.42 Å². The quantitative estimate of drug-likeness (QED) is 0.765. The summed E-state index contributed by atoms with van der Waals surface area (Å²) in [4.78, 5) is 11.3. The highest BCUT2D eigenvalue weighted by molar-refractivity contribution is 5.92. The van der Waals surface area contributed by atoms with Crippen LogP contribution in [0.15, 0.2) is 10.6 Å². The van der Waals surface area contributed by atoms with E-state index in [-0.39, 0.29) is 5.91 Å². The van der Waals surface area contributed by atoms with E-state index in [0.29, 0.717) is 24.6 Å². The largest absolute Gasteiger partial charge is 0.377 e. The topological polar surface area (TPSA) is 64.4 Å². The van der Waals surface area contributed by atoms with E-state index in [4.69, 9.17) is 9.26 Å². The van der Waals surface area contributed by atoms with Crippen LogP contribution in [0.3, 0.4) is 0 Å². The van der Waals surface area contributed by atoms with E-state index in [2.05, 4.69) is 10.5 Å². The number of rotatable bonds is 5. The van der Waals surface area contributed by atoms with Crippen molar-refractivity contribution >= 4 is 5.91 Å². The normalized spacial score (nSPS) is 10.1. The van der Waals surface area contributed by atoms with Crippen LogP contribution in [0.25, 0.3) is 0 Å². The minimum atomic E-state index is -0.210. The van der Waals surface area contributed by atoms with E-state index in [1.807, 2.05) is 6.92 Å². The molecule has 0 aliphatic carbocycles. The molecule has 14 heavy (non-hydrogen) atoms. The molecule has 0 fully saturated rings. The smallest absolute Gasteiger partial charge is 0.273 e. The van der Waals surface area contributed by atoms with Crippen molar-refractivity contribution in [2.45, 2.75) is 20.0 Å². The minimum absolute atomic E-state index is 0.210. The zero-order valence-corrected chi connectivity index (χ0v) is 8.37. The fourth-order valence-corrected chi connectivity index (χ4v) is 0.959. The second kappa shape index (κ2) is 5.39. The highest BCUT2D eigenvalue weighted by Crippen LogP contribution is 2.04. The molecule has 78 valence electrons. The molecular weight excluding hydrogens is 184 g/mol. The van der Waals surface area contributed by atoms with Gasteiger partial charge in [0.15, 0.2) is 11.5 Å². The second-order valence-corrected chi connectivity index (χ2v) is 2.87. The van der Waals surface area contributed by atoms with Crippen LogP contribution in [0.1, 0.15) is 29.6 Å². The van der Waals surface area contributed by atoms with E-state index < -0.39 is 0 Å². The second-order valence-electron chi connectivity index (χ2n) is 2.87. The maximum Gasteiger partial charge on any atom is 0.273 e. The van der Waals surface area contributed by atoms with Crippen LogP contribution in [0.4, 0.5) is 0 Å². The number of aromatic nitrogens is 1. The van der Waals surface area contributed by atoms with Crippen LogP contribution in [-0.4, -0.2) is 24.7 Å². The van der Waals surface area contributed by atoms with Crippen molar-refractivity contribution in [3.05, 3.63) is 17.5 Å². The lowest BCUT2D eigenvalue weighted by Crippen LogP contribution is -2.24. The van der Waals surface area contributed by atoms with Crippen molar-refractivity contribution < 1.29 is 14.1 Å². The molecule has 0 aliphatic rings. The van der Waals surface area contributed by atoms with Crippen molar-refractivity contribution in [3.63, 3.8) is 0 Å². The summed E-state index contributed by atoms with van der Waals surface area (Å²) in [7, 11) is 1.55. The predicted molar refractivity (Wildman–Crippen MR) is 49.8 cm³/mol. The van der Waals surface area contributed by atoms with E-state index in [9.17, 15) is 4.79 Å². The molecule has 1 N–H and O–H groups in total. The maximum absolute atomic E-state index is 11.3. The number of ether oxygens (including phenoxy) is 1. The lowest BCUT2D eigenvalue weighted by Gasteiger charge is -1.97. The molecule has 1 aromatic rings. The fourth-order valence-electron chi connectivity index (χ4n) is 0.959. The number of methoxy groups -OCH3 is 1. The summed E-state index contributed by atoms with van der Waals surface area (Å²) in [6, 6.07) is 1.58. The molecule has 1 aromatic heterocycles. The SMILES string of the molecule is CCCNC(=O)c1cc(COC)on1. The third-order valence-corrected chi connectivity index (χ3v) is 1.61. The van der Waals surface area contributed by atoms with Gasteiger partial charge in [0.05, 0.1) is 0 Å². The zero-order valence-electron chi connectivity index (χ0n) is 8.37. The van der Waals surface area contributed by atoms with Gasteiger partial charge in [-0.3, -0.25) is 4.79 Å². The molecule has 0 unspecified atom stereocenters. The summed E-state index contributed by atoms with van der Waals surface area (Å²) in [5.74, 6) is 0.340. The molecule has 0 radical (unpaired) electrons. The van der Waals surface area contributed by atoms with Crippen LogP contribution >= 0.6 is 0 Å². The number of hydrogen-bond donors (Lipinski definition) is 1. The zero-order chi connectivity index (χ0) is 10.4. The summed E-state index contributed by atoms with van der Waals surface area (Å²) in [5, 5.41) is 6.32. The Morgan fingerprint density at radius 3 is 3.14 bits per heavy atom. The lowest BCUT2D eigenvalue weighted by atomic mass is 10.3. The maximum atomic E-state index is 11.3. The Hall–Kier alpha value is -1.36. The third kappa shape index (κ3) is 2.85. The van der Waals surface area contributed by atoms with E-state index in [1.165, 1.54) is 0 Å². The highest BCUT2D eigenvalue weighted by atomic mass is 16.5. The first-order chi connectivity index (χ1) is 6.77. The number of nitrogens with zero attached hydrogens (tertiary/aromatic N) is 1. The van der Waals surface area contributed by atoms with Crippen molar-refractivity contribution in [2.75, 3.05) is 13.7 Å². The third-order valence-electron chi connectivity index (χ3n) is 1.61. The lowest BCUT2D eigenvalue weighted by molar-refractivity contribution is 0.0944. The monoisotopic (exact) mass is 198 g/mol. The van der Waals surface area contributed by atoms with Gasteiger partial charge in [0.2, 0.25) is 0 Å². The first-order valence-electron chi connectivity index (χ1n) is 4.50. The van der Waals surface area contributed by atoms with Crippen molar-refractivity contribution in [2.24, 2.45) is 0 Å². The van der Waals surface area contributed by atoms with E-state index in [0.717, 1.165) is 6.42 Å². The highest BCUT2D eigenvalue weighted by Gasteiger charge is 2.10. The molecule has 1 rings (SSSR count). The number of nitrogens with one attached hydrogen (secondary N) is 1. The van der Waals surface area contributed by atoms with Crippen LogP contribution in [-0.2, 0) is 11.3 Å². The predicted octanol–water partition coefficient (Wildman–Crippen LogP) is 0.961. The van der Waals surface area contributed by atoms with E-state index in [1.54, 1.807) is 13.2 Å². The van der Waals surface area contributed by atoms with Gasteiger partial charge in [-0.15, -0.1) is 0 Å². The van der Waals surface area contributed by atoms with Gasteiger partial charge in [0, 0.05) is 19.7 Å².